The van der Waals surface area contributed by atoms with Crippen molar-refractivity contribution in [2.75, 3.05) is 7.11 Å². The number of methoxy groups -OCH3 is 1. The minimum atomic E-state index is -0.384. The molecule has 0 saturated heterocycles. The fourth-order valence-corrected chi connectivity index (χ4v) is 3.42. The highest BCUT2D eigenvalue weighted by molar-refractivity contribution is 6.10. The van der Waals surface area contributed by atoms with Gasteiger partial charge in [-0.3, -0.25) is 4.99 Å². The summed E-state index contributed by atoms with van der Waals surface area (Å²) in [7, 11) is 1.63. The van der Waals surface area contributed by atoms with E-state index < -0.39 is 0 Å². The molecule has 0 fully saturated rings. The molecular weight excluding hydrogens is 352 g/mol. The van der Waals surface area contributed by atoms with Crippen LogP contribution in [0.3, 0.4) is 0 Å². The van der Waals surface area contributed by atoms with Crippen molar-refractivity contribution in [3.63, 3.8) is 0 Å². The summed E-state index contributed by atoms with van der Waals surface area (Å²) in [5.41, 5.74) is 4.59. The van der Waals surface area contributed by atoms with Crippen LogP contribution >= 0.6 is 0 Å². The maximum Gasteiger partial charge on any atom is 0.222 e. The van der Waals surface area contributed by atoms with Crippen molar-refractivity contribution in [1.82, 2.24) is 15.0 Å². The number of dihydropyridines is 1. The fraction of sp³-hybridized carbons (Fsp3) is 0.318. The van der Waals surface area contributed by atoms with Crippen LogP contribution in [0.5, 0.6) is 5.88 Å². The Morgan fingerprint density at radius 2 is 1.86 bits per heavy atom. The van der Waals surface area contributed by atoms with Crippen molar-refractivity contribution >= 4 is 22.3 Å². The molecule has 0 aromatic carbocycles. The average Bonchev–Trinajstić information content (AvgIpc) is 3.10. The minimum Gasteiger partial charge on any atom is -0.481 e. The average molecular weight is 376 g/mol. The lowest BCUT2D eigenvalue weighted by molar-refractivity contribution is -0.0340. The van der Waals surface area contributed by atoms with Gasteiger partial charge in [-0.1, -0.05) is 0 Å². The summed E-state index contributed by atoms with van der Waals surface area (Å²) in [6, 6.07) is 7.90. The molecule has 0 spiro atoms. The molecule has 6 nitrogen and oxygen atoms in total. The predicted octanol–water partition coefficient (Wildman–Crippen LogP) is 4.38. The summed E-state index contributed by atoms with van der Waals surface area (Å²) >= 11 is 0. The molecule has 1 unspecified atom stereocenters. The minimum absolute atomic E-state index is 0.320. The van der Waals surface area contributed by atoms with Gasteiger partial charge in [0.25, 0.3) is 0 Å². The molecule has 0 bridgehead atoms. The fourth-order valence-electron chi connectivity index (χ4n) is 3.42. The van der Waals surface area contributed by atoms with Gasteiger partial charge in [-0.2, -0.15) is 0 Å². The number of hydrogen-bond donors (Lipinski definition) is 1. The number of nitrogens with zero attached hydrogens (tertiary/aromatic N) is 3. The van der Waals surface area contributed by atoms with Gasteiger partial charge in [0.15, 0.2) is 6.23 Å². The Labute approximate surface area is 164 Å². The Balaban J connectivity index is 1.79. The van der Waals surface area contributed by atoms with Crippen molar-refractivity contribution in [3.05, 3.63) is 60.1 Å². The van der Waals surface area contributed by atoms with E-state index in [4.69, 9.17) is 14.5 Å². The predicted molar refractivity (Wildman–Crippen MR) is 111 cm³/mol. The standard InChI is InChI=1S/C22H24N4O2/c1-22(2,3)28-19-12-14(17-13-25-20-15(17)7-5-9-23-20)11-18(26-19)16-8-6-10-24-21(16)27-4/h5-10,12-13,19H,11H2,1-4H3,(H,23,25). The number of fused-ring (bicyclic) bond motifs is 1. The molecule has 3 aromatic heterocycles. The summed E-state index contributed by atoms with van der Waals surface area (Å²) in [5, 5.41) is 1.09. The van der Waals surface area contributed by atoms with Crippen LogP contribution in [0.4, 0.5) is 0 Å². The van der Waals surface area contributed by atoms with Crippen LogP contribution in [0, 0.1) is 0 Å². The first-order valence-corrected chi connectivity index (χ1v) is 9.31. The molecule has 3 aromatic rings. The third kappa shape index (κ3) is 3.68. The van der Waals surface area contributed by atoms with E-state index in [2.05, 4.69) is 27.1 Å². The number of aromatic nitrogens is 3. The third-order valence-electron chi connectivity index (χ3n) is 4.53. The highest BCUT2D eigenvalue weighted by atomic mass is 16.5. The van der Waals surface area contributed by atoms with Crippen LogP contribution in [0.1, 0.15) is 38.3 Å². The van der Waals surface area contributed by atoms with Crippen LogP contribution in [-0.2, 0) is 4.74 Å². The van der Waals surface area contributed by atoms with Gasteiger partial charge >= 0.3 is 0 Å². The van der Waals surface area contributed by atoms with E-state index in [0.29, 0.717) is 12.3 Å². The highest BCUT2D eigenvalue weighted by Gasteiger charge is 2.25. The molecule has 28 heavy (non-hydrogen) atoms. The number of allylic oxidation sites excluding steroid dienone is 1. The van der Waals surface area contributed by atoms with Crippen LogP contribution in [0.2, 0.25) is 0 Å². The number of hydrogen-bond acceptors (Lipinski definition) is 5. The van der Waals surface area contributed by atoms with Crippen LogP contribution in [-0.4, -0.2) is 39.6 Å². The topological polar surface area (TPSA) is 72.4 Å². The first-order chi connectivity index (χ1) is 13.4. The molecule has 1 atom stereocenters. The normalized spacial score (nSPS) is 17.4. The van der Waals surface area contributed by atoms with E-state index in [1.807, 2.05) is 45.2 Å². The van der Waals surface area contributed by atoms with Gasteiger partial charge in [0.1, 0.15) is 5.65 Å². The van der Waals surface area contributed by atoms with Gasteiger partial charge in [0.2, 0.25) is 5.88 Å². The summed E-state index contributed by atoms with van der Waals surface area (Å²) in [4.78, 5) is 16.9. The number of pyridine rings is 2. The number of nitrogens with one attached hydrogen (secondary N) is 1. The number of aromatic amines is 1. The summed E-state index contributed by atoms with van der Waals surface area (Å²) in [6.07, 6.45) is 7.88. The molecule has 0 radical (unpaired) electrons. The molecule has 144 valence electrons. The quantitative estimate of drug-likeness (QED) is 0.733. The van der Waals surface area contributed by atoms with Crippen molar-refractivity contribution in [2.24, 2.45) is 4.99 Å². The number of aliphatic imine (C=N–C) groups is 1. The SMILES string of the molecule is COc1ncccc1C1=NC(OC(C)(C)C)C=C(c2c[nH]c3ncccc23)C1. The molecule has 4 rings (SSSR count). The molecule has 0 aliphatic carbocycles. The number of H-pyrrole nitrogens is 1. The van der Waals surface area contributed by atoms with Gasteiger partial charge in [-0.15, -0.1) is 0 Å². The molecule has 0 saturated carbocycles. The van der Waals surface area contributed by atoms with Gasteiger partial charge in [-0.05, 0) is 56.7 Å². The molecule has 1 N–H and O–H groups in total. The van der Waals surface area contributed by atoms with E-state index in [1.165, 1.54) is 0 Å². The molecule has 0 amide bonds. The third-order valence-corrected chi connectivity index (χ3v) is 4.53. The number of ether oxygens (including phenoxy) is 2. The zero-order valence-corrected chi connectivity index (χ0v) is 16.6. The van der Waals surface area contributed by atoms with Crippen LogP contribution < -0.4 is 4.74 Å². The molecular formula is C22H24N4O2. The lowest BCUT2D eigenvalue weighted by Crippen LogP contribution is -2.28. The highest BCUT2D eigenvalue weighted by Crippen LogP contribution is 2.33. The second kappa shape index (κ2) is 7.20. The zero-order chi connectivity index (χ0) is 19.7. The van der Waals surface area contributed by atoms with E-state index >= 15 is 0 Å². The maximum absolute atomic E-state index is 6.19. The summed E-state index contributed by atoms with van der Waals surface area (Å²) in [5.74, 6) is 0.567. The largest absolute Gasteiger partial charge is 0.481 e. The lowest BCUT2D eigenvalue weighted by Gasteiger charge is -2.27. The maximum atomic E-state index is 6.19. The first-order valence-electron chi connectivity index (χ1n) is 9.31. The Bertz CT molecular complexity index is 1060. The van der Waals surface area contributed by atoms with Gasteiger partial charge in [0.05, 0.1) is 24.0 Å². The zero-order valence-electron chi connectivity index (χ0n) is 16.6. The van der Waals surface area contributed by atoms with E-state index in [0.717, 1.165) is 33.4 Å². The molecule has 1 aliphatic rings. The van der Waals surface area contributed by atoms with E-state index in [1.54, 1.807) is 19.5 Å². The van der Waals surface area contributed by atoms with Crippen molar-refractivity contribution in [2.45, 2.75) is 39.0 Å². The van der Waals surface area contributed by atoms with Gasteiger partial charge < -0.3 is 14.5 Å². The first kappa shape index (κ1) is 18.4. The Morgan fingerprint density at radius 3 is 2.64 bits per heavy atom. The number of rotatable bonds is 4. The van der Waals surface area contributed by atoms with E-state index in [-0.39, 0.29) is 11.8 Å². The Morgan fingerprint density at radius 1 is 1.07 bits per heavy atom. The van der Waals surface area contributed by atoms with Crippen molar-refractivity contribution < 1.29 is 9.47 Å². The lowest BCUT2D eigenvalue weighted by atomic mass is 9.94. The summed E-state index contributed by atoms with van der Waals surface area (Å²) < 4.78 is 11.7. The monoisotopic (exact) mass is 376 g/mol. The molecule has 4 heterocycles. The van der Waals surface area contributed by atoms with Crippen LogP contribution in [0.15, 0.2) is 53.9 Å². The molecule has 1 aliphatic heterocycles. The van der Waals surface area contributed by atoms with Crippen molar-refractivity contribution in [3.8, 4) is 5.88 Å². The summed E-state index contributed by atoms with van der Waals surface area (Å²) in [6.45, 7) is 6.10. The van der Waals surface area contributed by atoms with Gasteiger partial charge in [0, 0.05) is 36.0 Å². The van der Waals surface area contributed by atoms with Crippen molar-refractivity contribution in [1.29, 1.82) is 0 Å². The Hall–Kier alpha value is -2.99. The van der Waals surface area contributed by atoms with E-state index in [9.17, 15) is 0 Å². The second-order valence-corrected chi connectivity index (χ2v) is 7.73. The van der Waals surface area contributed by atoms with Crippen LogP contribution in [0.25, 0.3) is 16.6 Å². The second-order valence-electron chi connectivity index (χ2n) is 7.73. The Kier molecular flexibility index (Phi) is 4.73. The smallest absolute Gasteiger partial charge is 0.222 e. The molecule has 6 heteroatoms. The van der Waals surface area contributed by atoms with Gasteiger partial charge in [-0.25, -0.2) is 9.97 Å².